The molecule has 4 nitrogen and oxygen atoms in total. The molecule has 138 valence electrons. The van der Waals surface area contributed by atoms with Gasteiger partial charge in [-0.25, -0.2) is 4.98 Å². The fraction of sp³-hybridized carbons (Fsp3) is 0.250. The number of aryl methyl sites for hydroxylation is 1. The first-order valence-electron chi connectivity index (χ1n) is 8.43. The number of hydrogen-bond donors (Lipinski definition) is 1. The van der Waals surface area contributed by atoms with Crippen LogP contribution in [0.15, 0.2) is 71.7 Å². The third-order valence-corrected chi connectivity index (χ3v) is 4.40. The van der Waals surface area contributed by atoms with Gasteiger partial charge in [-0.2, -0.15) is 0 Å². The second-order valence-electron chi connectivity index (χ2n) is 5.86. The Bertz CT molecular complexity index is 766. The number of nitrogens with zero attached hydrogens (tertiary/aromatic N) is 2. The van der Waals surface area contributed by atoms with E-state index in [2.05, 4.69) is 49.0 Å². The van der Waals surface area contributed by atoms with Crippen LogP contribution in [0.4, 0.5) is 0 Å². The zero-order valence-electron chi connectivity index (χ0n) is 14.5. The Balaban J connectivity index is 0.00000243. The Morgan fingerprint density at radius 3 is 2.73 bits per heavy atom. The van der Waals surface area contributed by atoms with Crippen LogP contribution in [0, 0.1) is 0 Å². The van der Waals surface area contributed by atoms with Crippen molar-refractivity contribution in [2.75, 3.05) is 6.54 Å². The second-order valence-corrected chi connectivity index (χ2v) is 6.77. The van der Waals surface area contributed by atoms with Crippen LogP contribution in [0.25, 0.3) is 0 Å². The van der Waals surface area contributed by atoms with Crippen LogP contribution in [0.3, 0.4) is 0 Å². The first kappa shape index (κ1) is 20.5. The van der Waals surface area contributed by atoms with Crippen LogP contribution in [0.5, 0.6) is 5.75 Å². The van der Waals surface area contributed by atoms with Crippen LogP contribution in [0.1, 0.15) is 17.5 Å². The van der Waals surface area contributed by atoms with Crippen molar-refractivity contribution in [3.8, 4) is 5.75 Å². The van der Waals surface area contributed by atoms with Crippen LogP contribution in [0.2, 0.25) is 0 Å². The largest absolute Gasteiger partial charge is 0.489 e. The predicted molar refractivity (Wildman–Crippen MR) is 111 cm³/mol. The normalized spacial score (nSPS) is 10.3. The minimum absolute atomic E-state index is 0. The summed E-state index contributed by atoms with van der Waals surface area (Å²) in [7, 11) is 0. The Kier molecular flexibility index (Phi) is 8.68. The van der Waals surface area contributed by atoms with E-state index in [1.807, 2.05) is 49.1 Å². The SMILES string of the molecule is Brc1ccc(OCc2ccccc2)c(CNCCCn2ccnc2)c1.Cl. The summed E-state index contributed by atoms with van der Waals surface area (Å²) in [6.07, 6.45) is 6.71. The number of hydrogen-bond acceptors (Lipinski definition) is 3. The molecule has 0 aliphatic heterocycles. The van der Waals surface area contributed by atoms with Crippen molar-refractivity contribution in [2.45, 2.75) is 26.1 Å². The van der Waals surface area contributed by atoms with E-state index in [1.165, 1.54) is 5.56 Å². The number of rotatable bonds is 9. The lowest BCUT2D eigenvalue weighted by atomic mass is 10.2. The van der Waals surface area contributed by atoms with Crippen molar-refractivity contribution < 1.29 is 4.74 Å². The number of nitrogens with one attached hydrogen (secondary N) is 1. The van der Waals surface area contributed by atoms with Gasteiger partial charge in [-0.05, 0) is 36.7 Å². The lowest BCUT2D eigenvalue weighted by Gasteiger charge is -2.13. The number of ether oxygens (including phenoxy) is 1. The van der Waals surface area contributed by atoms with Crippen molar-refractivity contribution in [1.82, 2.24) is 14.9 Å². The molecular formula is C20H23BrClN3O. The molecule has 0 atom stereocenters. The molecule has 26 heavy (non-hydrogen) atoms. The fourth-order valence-corrected chi connectivity index (χ4v) is 3.00. The van der Waals surface area contributed by atoms with E-state index in [4.69, 9.17) is 4.74 Å². The summed E-state index contributed by atoms with van der Waals surface area (Å²) in [6, 6.07) is 16.4. The van der Waals surface area contributed by atoms with Gasteiger partial charge in [-0.1, -0.05) is 46.3 Å². The second kappa shape index (κ2) is 11.0. The lowest BCUT2D eigenvalue weighted by molar-refractivity contribution is 0.302. The highest BCUT2D eigenvalue weighted by molar-refractivity contribution is 9.10. The van der Waals surface area contributed by atoms with Gasteiger partial charge in [0.15, 0.2) is 0 Å². The first-order valence-corrected chi connectivity index (χ1v) is 9.22. The summed E-state index contributed by atoms with van der Waals surface area (Å²) < 4.78 is 9.18. The van der Waals surface area contributed by atoms with E-state index in [-0.39, 0.29) is 12.4 Å². The van der Waals surface area contributed by atoms with Gasteiger partial charge in [0.05, 0.1) is 6.33 Å². The summed E-state index contributed by atoms with van der Waals surface area (Å²) in [6.45, 7) is 3.29. The van der Waals surface area contributed by atoms with Gasteiger partial charge >= 0.3 is 0 Å². The molecule has 6 heteroatoms. The van der Waals surface area contributed by atoms with Gasteiger partial charge in [-0.3, -0.25) is 0 Å². The average molecular weight is 437 g/mol. The Labute approximate surface area is 169 Å². The first-order chi connectivity index (χ1) is 12.3. The summed E-state index contributed by atoms with van der Waals surface area (Å²) in [4.78, 5) is 4.06. The van der Waals surface area contributed by atoms with Crippen LogP contribution < -0.4 is 10.1 Å². The smallest absolute Gasteiger partial charge is 0.124 e. The van der Waals surface area contributed by atoms with Gasteiger partial charge in [0, 0.05) is 35.5 Å². The van der Waals surface area contributed by atoms with Gasteiger partial charge in [0.1, 0.15) is 12.4 Å². The molecule has 0 saturated carbocycles. The quantitative estimate of drug-likeness (QED) is 0.489. The third-order valence-electron chi connectivity index (χ3n) is 3.90. The highest BCUT2D eigenvalue weighted by atomic mass is 79.9. The number of halogens is 2. The van der Waals surface area contributed by atoms with E-state index in [0.29, 0.717) is 6.61 Å². The van der Waals surface area contributed by atoms with Crippen LogP contribution in [-0.4, -0.2) is 16.1 Å². The molecule has 1 heterocycles. The molecule has 1 aromatic heterocycles. The average Bonchev–Trinajstić information content (AvgIpc) is 3.15. The van der Waals surface area contributed by atoms with Crippen LogP contribution >= 0.6 is 28.3 Å². The molecule has 3 aromatic rings. The van der Waals surface area contributed by atoms with Crippen molar-refractivity contribution in [3.63, 3.8) is 0 Å². The molecule has 0 saturated heterocycles. The maximum atomic E-state index is 6.02. The summed E-state index contributed by atoms with van der Waals surface area (Å²) in [5.41, 5.74) is 2.33. The van der Waals surface area contributed by atoms with Crippen LogP contribution in [-0.2, 0) is 19.7 Å². The molecule has 0 amide bonds. The minimum atomic E-state index is 0. The number of benzene rings is 2. The minimum Gasteiger partial charge on any atom is -0.489 e. The molecule has 0 radical (unpaired) electrons. The molecule has 2 aromatic carbocycles. The monoisotopic (exact) mass is 435 g/mol. The summed E-state index contributed by atoms with van der Waals surface area (Å²) >= 11 is 3.55. The van der Waals surface area contributed by atoms with E-state index in [1.54, 1.807) is 0 Å². The van der Waals surface area contributed by atoms with Crippen molar-refractivity contribution in [3.05, 3.63) is 82.9 Å². The lowest BCUT2D eigenvalue weighted by Crippen LogP contribution is -2.17. The number of aromatic nitrogens is 2. The zero-order valence-corrected chi connectivity index (χ0v) is 16.9. The highest BCUT2D eigenvalue weighted by Gasteiger charge is 2.05. The Morgan fingerprint density at radius 2 is 1.96 bits per heavy atom. The molecule has 0 aliphatic carbocycles. The highest BCUT2D eigenvalue weighted by Crippen LogP contribution is 2.24. The standard InChI is InChI=1S/C20H22BrN3O.ClH/c21-19-7-8-20(25-15-17-5-2-1-3-6-17)18(13-19)14-22-9-4-11-24-12-10-23-16-24;/h1-3,5-8,10,12-13,16,22H,4,9,11,14-15H2;1H. The molecule has 0 bridgehead atoms. The third kappa shape index (κ3) is 6.48. The molecular weight excluding hydrogens is 414 g/mol. The maximum Gasteiger partial charge on any atom is 0.124 e. The molecule has 0 aliphatic rings. The number of imidazole rings is 1. The molecule has 0 unspecified atom stereocenters. The van der Waals surface area contributed by atoms with E-state index in [0.717, 1.165) is 41.8 Å². The van der Waals surface area contributed by atoms with E-state index in [9.17, 15) is 0 Å². The van der Waals surface area contributed by atoms with Gasteiger partial charge in [-0.15, -0.1) is 12.4 Å². The summed E-state index contributed by atoms with van der Waals surface area (Å²) in [5.74, 6) is 0.925. The van der Waals surface area contributed by atoms with Gasteiger partial charge in [0.2, 0.25) is 0 Å². The van der Waals surface area contributed by atoms with E-state index >= 15 is 0 Å². The Morgan fingerprint density at radius 1 is 1.12 bits per heavy atom. The van der Waals surface area contributed by atoms with Gasteiger partial charge in [0.25, 0.3) is 0 Å². The molecule has 1 N–H and O–H groups in total. The van der Waals surface area contributed by atoms with Crippen molar-refractivity contribution in [2.24, 2.45) is 0 Å². The summed E-state index contributed by atoms with van der Waals surface area (Å²) in [5, 5.41) is 3.50. The van der Waals surface area contributed by atoms with Gasteiger partial charge < -0.3 is 14.6 Å². The molecule has 0 spiro atoms. The molecule has 3 rings (SSSR count). The van der Waals surface area contributed by atoms with Crippen molar-refractivity contribution >= 4 is 28.3 Å². The topological polar surface area (TPSA) is 39.1 Å². The fourth-order valence-electron chi connectivity index (χ4n) is 2.59. The van der Waals surface area contributed by atoms with E-state index < -0.39 is 0 Å². The maximum absolute atomic E-state index is 6.02. The zero-order chi connectivity index (χ0) is 17.3. The van der Waals surface area contributed by atoms with Crippen molar-refractivity contribution in [1.29, 1.82) is 0 Å². The molecule has 0 fully saturated rings. The predicted octanol–water partition coefficient (Wildman–Crippen LogP) is 4.83. The Hall–Kier alpha value is -1.82.